The molecule has 0 radical (unpaired) electrons. The standard InChI is InChI=1S/C11H4Br2Cl3NOS/c12-4-1-9(19-10(4)13)11(18)17-8-3-6(15)5(14)2-7(8)16/h1-3H,(H,17,18). The Morgan fingerprint density at radius 2 is 1.68 bits per heavy atom. The lowest BCUT2D eigenvalue weighted by molar-refractivity contribution is 0.103. The Kier molecular flexibility index (Phi) is 5.20. The van der Waals surface area contributed by atoms with Gasteiger partial charge in [-0.25, -0.2) is 0 Å². The van der Waals surface area contributed by atoms with Crippen LogP contribution in [-0.2, 0) is 0 Å². The minimum atomic E-state index is -0.267. The Morgan fingerprint density at radius 3 is 2.26 bits per heavy atom. The third kappa shape index (κ3) is 3.65. The van der Waals surface area contributed by atoms with E-state index in [-0.39, 0.29) is 5.91 Å². The van der Waals surface area contributed by atoms with Gasteiger partial charge in [0.2, 0.25) is 0 Å². The molecule has 2 nitrogen and oxygen atoms in total. The molecule has 1 aromatic heterocycles. The third-order valence-corrected chi connectivity index (χ3v) is 6.42. The van der Waals surface area contributed by atoms with E-state index in [1.165, 1.54) is 23.5 Å². The molecule has 0 spiro atoms. The van der Waals surface area contributed by atoms with Gasteiger partial charge in [-0.05, 0) is 50.1 Å². The van der Waals surface area contributed by atoms with E-state index in [0.29, 0.717) is 25.6 Å². The minimum Gasteiger partial charge on any atom is -0.320 e. The van der Waals surface area contributed by atoms with E-state index in [1.807, 2.05) is 0 Å². The monoisotopic (exact) mass is 461 g/mol. The molecule has 1 N–H and O–H groups in total. The molecular formula is C11H4Br2Cl3NOS. The first-order valence-corrected chi connectivity index (χ1v) is 8.33. The van der Waals surface area contributed by atoms with Crippen LogP contribution >= 0.6 is 78.0 Å². The number of carbonyl (C=O) groups excluding carboxylic acids is 1. The highest BCUT2D eigenvalue weighted by Crippen LogP contribution is 2.35. The molecule has 0 aliphatic heterocycles. The van der Waals surface area contributed by atoms with Crippen LogP contribution in [-0.4, -0.2) is 5.91 Å². The number of thiophene rings is 1. The van der Waals surface area contributed by atoms with E-state index in [9.17, 15) is 4.79 Å². The number of amides is 1. The summed E-state index contributed by atoms with van der Waals surface area (Å²) in [5.41, 5.74) is 0.418. The molecule has 0 bridgehead atoms. The first kappa shape index (κ1) is 15.6. The van der Waals surface area contributed by atoms with Crippen molar-refractivity contribution < 1.29 is 4.79 Å². The molecule has 0 aliphatic carbocycles. The summed E-state index contributed by atoms with van der Waals surface area (Å²) in [6, 6.07) is 4.72. The second-order valence-electron chi connectivity index (χ2n) is 3.43. The van der Waals surface area contributed by atoms with Gasteiger partial charge in [0, 0.05) is 4.47 Å². The molecule has 0 saturated heterocycles. The Hall–Kier alpha value is 0.220. The molecule has 8 heteroatoms. The Labute approximate surface area is 145 Å². The highest BCUT2D eigenvalue weighted by atomic mass is 79.9. The first-order valence-electron chi connectivity index (χ1n) is 4.79. The highest BCUT2D eigenvalue weighted by Gasteiger charge is 2.14. The average molecular weight is 464 g/mol. The van der Waals surface area contributed by atoms with Gasteiger partial charge in [0.15, 0.2) is 0 Å². The van der Waals surface area contributed by atoms with Gasteiger partial charge >= 0.3 is 0 Å². The van der Waals surface area contributed by atoms with Crippen molar-refractivity contribution in [3.05, 3.63) is 46.4 Å². The topological polar surface area (TPSA) is 29.1 Å². The molecule has 0 atom stereocenters. The zero-order valence-electron chi connectivity index (χ0n) is 8.94. The van der Waals surface area contributed by atoms with Gasteiger partial charge in [0.25, 0.3) is 5.91 Å². The fourth-order valence-electron chi connectivity index (χ4n) is 1.26. The predicted molar refractivity (Wildman–Crippen MR) is 89.1 cm³/mol. The fourth-order valence-corrected chi connectivity index (χ4v) is 3.79. The maximum absolute atomic E-state index is 12.1. The molecule has 0 unspecified atom stereocenters. The van der Waals surface area contributed by atoms with E-state index in [4.69, 9.17) is 34.8 Å². The Balaban J connectivity index is 2.26. The molecule has 19 heavy (non-hydrogen) atoms. The smallest absolute Gasteiger partial charge is 0.265 e. The van der Waals surface area contributed by atoms with Crippen molar-refractivity contribution in [1.29, 1.82) is 0 Å². The van der Waals surface area contributed by atoms with Crippen molar-refractivity contribution in [3.63, 3.8) is 0 Å². The molecule has 0 fully saturated rings. The summed E-state index contributed by atoms with van der Waals surface area (Å²) in [6.45, 7) is 0. The third-order valence-electron chi connectivity index (χ3n) is 2.13. The SMILES string of the molecule is O=C(Nc1cc(Cl)c(Cl)cc1Cl)c1cc(Br)c(Br)s1. The molecule has 1 aromatic carbocycles. The van der Waals surface area contributed by atoms with Gasteiger partial charge in [-0.15, -0.1) is 11.3 Å². The molecule has 1 amide bonds. The van der Waals surface area contributed by atoms with E-state index < -0.39 is 0 Å². The van der Waals surface area contributed by atoms with Crippen LogP contribution in [0.4, 0.5) is 5.69 Å². The van der Waals surface area contributed by atoms with Crippen molar-refractivity contribution in [2.75, 3.05) is 5.32 Å². The Morgan fingerprint density at radius 1 is 1.05 bits per heavy atom. The zero-order valence-corrected chi connectivity index (χ0v) is 15.2. The summed E-state index contributed by atoms with van der Waals surface area (Å²) in [5, 5.41) is 3.69. The van der Waals surface area contributed by atoms with Crippen LogP contribution in [0.2, 0.25) is 15.1 Å². The van der Waals surface area contributed by atoms with E-state index >= 15 is 0 Å². The number of hydrogen-bond acceptors (Lipinski definition) is 2. The zero-order chi connectivity index (χ0) is 14.2. The van der Waals surface area contributed by atoms with Crippen LogP contribution in [0.25, 0.3) is 0 Å². The van der Waals surface area contributed by atoms with Crippen molar-refractivity contribution in [2.24, 2.45) is 0 Å². The predicted octanol–water partition coefficient (Wildman–Crippen LogP) is 6.49. The fraction of sp³-hybridized carbons (Fsp3) is 0. The number of hydrogen-bond donors (Lipinski definition) is 1. The van der Waals surface area contributed by atoms with Crippen molar-refractivity contribution in [1.82, 2.24) is 0 Å². The molecule has 0 saturated carbocycles. The maximum Gasteiger partial charge on any atom is 0.265 e. The second kappa shape index (κ2) is 6.33. The summed E-state index contributed by atoms with van der Waals surface area (Å²) >= 11 is 25.7. The minimum absolute atomic E-state index is 0.267. The van der Waals surface area contributed by atoms with Crippen LogP contribution in [0.1, 0.15) is 9.67 Å². The summed E-state index contributed by atoms with van der Waals surface area (Å²) in [4.78, 5) is 12.6. The number of rotatable bonds is 2. The lowest BCUT2D eigenvalue weighted by atomic mass is 10.3. The van der Waals surface area contributed by atoms with Crippen molar-refractivity contribution in [3.8, 4) is 0 Å². The summed E-state index contributed by atoms with van der Waals surface area (Å²) < 4.78 is 1.67. The molecule has 1 heterocycles. The van der Waals surface area contributed by atoms with Crippen LogP contribution in [0.5, 0.6) is 0 Å². The van der Waals surface area contributed by atoms with Gasteiger partial charge in [-0.2, -0.15) is 0 Å². The average Bonchev–Trinajstić information content (AvgIpc) is 2.67. The number of benzene rings is 1. The van der Waals surface area contributed by atoms with E-state index in [1.54, 1.807) is 6.07 Å². The normalized spacial score (nSPS) is 10.6. The van der Waals surface area contributed by atoms with Crippen LogP contribution in [0.15, 0.2) is 26.5 Å². The Bertz CT molecular complexity index is 640. The lowest BCUT2D eigenvalue weighted by Crippen LogP contribution is -2.10. The van der Waals surface area contributed by atoms with Gasteiger partial charge in [-0.3, -0.25) is 4.79 Å². The summed E-state index contributed by atoms with van der Waals surface area (Å²) in [7, 11) is 0. The molecule has 100 valence electrons. The molecule has 0 aliphatic rings. The number of carbonyl (C=O) groups is 1. The van der Waals surface area contributed by atoms with Gasteiger partial charge < -0.3 is 5.32 Å². The summed E-state index contributed by atoms with van der Waals surface area (Å²) in [6.07, 6.45) is 0. The number of halogens is 5. The van der Waals surface area contributed by atoms with Crippen LogP contribution in [0, 0.1) is 0 Å². The van der Waals surface area contributed by atoms with Crippen LogP contribution < -0.4 is 5.32 Å². The molecule has 2 rings (SSSR count). The van der Waals surface area contributed by atoms with Gasteiger partial charge in [0.05, 0.1) is 29.4 Å². The van der Waals surface area contributed by atoms with Crippen molar-refractivity contribution in [2.45, 2.75) is 0 Å². The quantitative estimate of drug-likeness (QED) is 0.506. The number of anilines is 1. The second-order valence-corrected chi connectivity index (χ2v) is 7.88. The largest absolute Gasteiger partial charge is 0.320 e. The van der Waals surface area contributed by atoms with Gasteiger partial charge in [-0.1, -0.05) is 34.8 Å². The van der Waals surface area contributed by atoms with E-state index in [2.05, 4.69) is 37.2 Å². The molecule has 2 aromatic rings. The van der Waals surface area contributed by atoms with Crippen molar-refractivity contribution >= 4 is 89.6 Å². The molecular weight excluding hydrogens is 460 g/mol. The van der Waals surface area contributed by atoms with Crippen LogP contribution in [0.3, 0.4) is 0 Å². The number of nitrogens with one attached hydrogen (secondary N) is 1. The van der Waals surface area contributed by atoms with E-state index in [0.717, 1.165) is 8.26 Å². The first-order chi connectivity index (χ1) is 8.88. The maximum atomic E-state index is 12.1. The van der Waals surface area contributed by atoms with Gasteiger partial charge in [0.1, 0.15) is 0 Å². The highest BCUT2D eigenvalue weighted by molar-refractivity contribution is 9.13. The summed E-state index contributed by atoms with van der Waals surface area (Å²) in [5.74, 6) is -0.267. The lowest BCUT2D eigenvalue weighted by Gasteiger charge is -2.07.